The molecule has 25 heavy (non-hydrogen) atoms. The zero-order valence-corrected chi connectivity index (χ0v) is 16.3. The Kier molecular flexibility index (Phi) is 6.59. The average molecular weight is 368 g/mol. The summed E-state index contributed by atoms with van der Waals surface area (Å²) >= 11 is 0. The van der Waals surface area contributed by atoms with E-state index in [1.807, 2.05) is 32.9 Å². The molecule has 140 valence electrons. The van der Waals surface area contributed by atoms with Gasteiger partial charge in [-0.05, 0) is 51.2 Å². The minimum Gasteiger partial charge on any atom is -0.385 e. The van der Waals surface area contributed by atoms with Crippen molar-refractivity contribution in [1.82, 2.24) is 9.62 Å². The van der Waals surface area contributed by atoms with E-state index in [0.717, 1.165) is 16.7 Å². The molecular weight excluding hydrogens is 340 g/mol. The van der Waals surface area contributed by atoms with Crippen LogP contribution in [-0.2, 0) is 19.6 Å². The monoisotopic (exact) mass is 368 g/mol. The van der Waals surface area contributed by atoms with Crippen molar-refractivity contribution in [2.24, 2.45) is 0 Å². The summed E-state index contributed by atoms with van der Waals surface area (Å²) < 4.78 is 32.7. The molecule has 0 aliphatic carbocycles. The summed E-state index contributed by atoms with van der Waals surface area (Å²) in [5.41, 5.74) is 2.48. The molecule has 1 unspecified atom stereocenters. The zero-order chi connectivity index (χ0) is 18.6. The molecule has 1 N–H and O–H groups in total. The second kappa shape index (κ2) is 8.29. The molecule has 2 rings (SSSR count). The summed E-state index contributed by atoms with van der Waals surface area (Å²) in [6, 6.07) is 3.11. The first-order valence-electron chi connectivity index (χ1n) is 8.65. The maximum Gasteiger partial charge on any atom is 0.244 e. The van der Waals surface area contributed by atoms with Crippen LogP contribution in [0.25, 0.3) is 0 Å². The number of ether oxygens (including phenoxy) is 1. The van der Waals surface area contributed by atoms with E-state index >= 15 is 0 Å². The van der Waals surface area contributed by atoms with Gasteiger partial charge in [-0.2, -0.15) is 4.31 Å². The third kappa shape index (κ3) is 4.40. The molecule has 1 aromatic carbocycles. The predicted molar refractivity (Wildman–Crippen MR) is 97.1 cm³/mol. The molecule has 0 aromatic heterocycles. The van der Waals surface area contributed by atoms with Gasteiger partial charge in [0.05, 0.1) is 4.90 Å². The van der Waals surface area contributed by atoms with Gasteiger partial charge in [-0.1, -0.05) is 17.7 Å². The van der Waals surface area contributed by atoms with Crippen LogP contribution >= 0.6 is 0 Å². The first-order chi connectivity index (χ1) is 11.8. The molecule has 0 bridgehead atoms. The van der Waals surface area contributed by atoms with Crippen LogP contribution in [0.4, 0.5) is 0 Å². The van der Waals surface area contributed by atoms with Gasteiger partial charge in [0.25, 0.3) is 0 Å². The van der Waals surface area contributed by atoms with E-state index in [0.29, 0.717) is 43.9 Å². The van der Waals surface area contributed by atoms with Crippen molar-refractivity contribution in [3.8, 4) is 0 Å². The number of aryl methyl sites for hydroxylation is 3. The molecule has 0 spiro atoms. The number of hydrogen-bond donors (Lipinski definition) is 1. The van der Waals surface area contributed by atoms with Crippen molar-refractivity contribution >= 4 is 15.9 Å². The second-order valence-corrected chi connectivity index (χ2v) is 8.47. The second-order valence-electron chi connectivity index (χ2n) is 6.64. The molecular formula is C18H28N2O4S. The molecule has 1 aliphatic rings. The highest BCUT2D eigenvalue weighted by Gasteiger charge is 2.40. The molecule has 1 saturated heterocycles. The fourth-order valence-electron chi connectivity index (χ4n) is 3.53. The van der Waals surface area contributed by atoms with Crippen molar-refractivity contribution in [3.05, 3.63) is 28.8 Å². The highest BCUT2D eigenvalue weighted by atomic mass is 32.2. The quantitative estimate of drug-likeness (QED) is 0.746. The van der Waals surface area contributed by atoms with Crippen LogP contribution in [0.5, 0.6) is 0 Å². The largest absolute Gasteiger partial charge is 0.385 e. The topological polar surface area (TPSA) is 75.7 Å². The lowest BCUT2D eigenvalue weighted by Crippen LogP contribution is -2.46. The number of rotatable bonds is 7. The molecule has 0 radical (unpaired) electrons. The Balaban J connectivity index is 2.22. The number of hydrogen-bond acceptors (Lipinski definition) is 4. The van der Waals surface area contributed by atoms with Gasteiger partial charge in [-0.3, -0.25) is 4.79 Å². The van der Waals surface area contributed by atoms with E-state index in [1.54, 1.807) is 7.11 Å². The molecule has 1 aliphatic heterocycles. The molecule has 1 atom stereocenters. The van der Waals surface area contributed by atoms with E-state index in [2.05, 4.69) is 5.32 Å². The van der Waals surface area contributed by atoms with Gasteiger partial charge < -0.3 is 10.1 Å². The summed E-state index contributed by atoms with van der Waals surface area (Å²) in [7, 11) is -2.09. The molecule has 0 saturated carbocycles. The van der Waals surface area contributed by atoms with Gasteiger partial charge in [-0.25, -0.2) is 8.42 Å². The summed E-state index contributed by atoms with van der Waals surface area (Å²) in [5, 5.41) is 2.83. The highest BCUT2D eigenvalue weighted by Crippen LogP contribution is 2.30. The lowest BCUT2D eigenvalue weighted by molar-refractivity contribution is -0.124. The highest BCUT2D eigenvalue weighted by molar-refractivity contribution is 7.89. The van der Waals surface area contributed by atoms with Crippen LogP contribution in [-0.4, -0.2) is 51.5 Å². The number of amides is 1. The van der Waals surface area contributed by atoms with Gasteiger partial charge in [0.2, 0.25) is 15.9 Å². The van der Waals surface area contributed by atoms with Crippen molar-refractivity contribution in [2.75, 3.05) is 26.8 Å². The lowest BCUT2D eigenvalue weighted by atomic mass is 10.1. The Labute approximate surface area is 150 Å². The van der Waals surface area contributed by atoms with Crippen LogP contribution in [0, 0.1) is 20.8 Å². The van der Waals surface area contributed by atoms with Crippen LogP contribution in [0.1, 0.15) is 36.0 Å². The smallest absolute Gasteiger partial charge is 0.244 e. The summed E-state index contributed by atoms with van der Waals surface area (Å²) in [4.78, 5) is 12.8. The minimum absolute atomic E-state index is 0.223. The fourth-order valence-corrected chi connectivity index (χ4v) is 5.60. The maximum atomic E-state index is 13.2. The first kappa shape index (κ1) is 19.9. The third-order valence-electron chi connectivity index (χ3n) is 4.50. The van der Waals surface area contributed by atoms with Crippen molar-refractivity contribution < 1.29 is 17.9 Å². The van der Waals surface area contributed by atoms with Crippen molar-refractivity contribution in [1.29, 1.82) is 0 Å². The van der Waals surface area contributed by atoms with E-state index < -0.39 is 16.1 Å². The summed E-state index contributed by atoms with van der Waals surface area (Å²) in [5.74, 6) is -0.223. The first-order valence-corrected chi connectivity index (χ1v) is 10.1. The van der Waals surface area contributed by atoms with Crippen LogP contribution in [0.15, 0.2) is 17.0 Å². The van der Waals surface area contributed by atoms with Crippen LogP contribution in [0.3, 0.4) is 0 Å². The SMILES string of the molecule is COCCCNC(=O)C1CCCN1S(=O)(=O)c1c(C)cc(C)cc1C. The lowest BCUT2D eigenvalue weighted by Gasteiger charge is -2.25. The Morgan fingerprint density at radius 3 is 2.52 bits per heavy atom. The number of methoxy groups -OCH3 is 1. The predicted octanol–water partition coefficient (Wildman–Crippen LogP) is 1.92. The standard InChI is InChI=1S/C18H28N2O4S/c1-13-11-14(2)17(15(3)12-13)25(22,23)20-9-5-7-16(20)18(21)19-8-6-10-24-4/h11-12,16H,5-10H2,1-4H3,(H,19,21). The average Bonchev–Trinajstić information content (AvgIpc) is 3.00. The van der Waals surface area contributed by atoms with E-state index in [9.17, 15) is 13.2 Å². The van der Waals surface area contributed by atoms with Crippen LogP contribution in [0.2, 0.25) is 0 Å². The molecule has 7 heteroatoms. The molecule has 1 fully saturated rings. The molecule has 1 aromatic rings. The van der Waals surface area contributed by atoms with E-state index in [1.165, 1.54) is 4.31 Å². The number of nitrogens with zero attached hydrogens (tertiary/aromatic N) is 1. The zero-order valence-electron chi connectivity index (χ0n) is 15.5. The number of benzene rings is 1. The molecule has 1 amide bonds. The van der Waals surface area contributed by atoms with Gasteiger partial charge in [0, 0.05) is 26.8 Å². The van der Waals surface area contributed by atoms with Gasteiger partial charge in [-0.15, -0.1) is 0 Å². The van der Waals surface area contributed by atoms with Gasteiger partial charge in [0.15, 0.2) is 0 Å². The molecule has 1 heterocycles. The fraction of sp³-hybridized carbons (Fsp3) is 0.611. The Morgan fingerprint density at radius 2 is 1.92 bits per heavy atom. The minimum atomic E-state index is -3.70. The van der Waals surface area contributed by atoms with Gasteiger partial charge >= 0.3 is 0 Å². The third-order valence-corrected chi connectivity index (χ3v) is 6.72. The van der Waals surface area contributed by atoms with E-state index in [4.69, 9.17) is 4.74 Å². The molecule has 6 nitrogen and oxygen atoms in total. The Bertz CT molecular complexity index is 708. The summed E-state index contributed by atoms with van der Waals surface area (Å²) in [6.45, 7) is 6.99. The maximum absolute atomic E-state index is 13.2. The Morgan fingerprint density at radius 1 is 1.28 bits per heavy atom. The summed E-state index contributed by atoms with van der Waals surface area (Å²) in [6.07, 6.45) is 1.95. The Hall–Kier alpha value is -1.44. The van der Waals surface area contributed by atoms with Gasteiger partial charge in [0.1, 0.15) is 6.04 Å². The number of carbonyl (C=O) groups is 1. The van der Waals surface area contributed by atoms with Crippen molar-refractivity contribution in [3.63, 3.8) is 0 Å². The number of carbonyl (C=O) groups excluding carboxylic acids is 1. The normalized spacial score (nSPS) is 18.5. The van der Waals surface area contributed by atoms with E-state index in [-0.39, 0.29) is 5.91 Å². The number of nitrogens with one attached hydrogen (secondary N) is 1. The van der Waals surface area contributed by atoms with Crippen molar-refractivity contribution in [2.45, 2.75) is 51.0 Å². The number of sulfonamides is 1. The van der Waals surface area contributed by atoms with Crippen LogP contribution < -0.4 is 5.32 Å².